The van der Waals surface area contributed by atoms with Gasteiger partial charge >= 0.3 is 6.18 Å². The van der Waals surface area contributed by atoms with Crippen molar-refractivity contribution in [3.05, 3.63) is 88.9 Å². The molecule has 0 radical (unpaired) electrons. The van der Waals surface area contributed by atoms with Crippen LogP contribution in [0.4, 0.5) is 18.9 Å². The van der Waals surface area contributed by atoms with Crippen molar-refractivity contribution >= 4 is 38.5 Å². The maximum Gasteiger partial charge on any atom is 0.407 e. The molecular weight excluding hydrogens is 599 g/mol. The van der Waals surface area contributed by atoms with Crippen LogP contribution in [0.25, 0.3) is 11.1 Å². The highest BCUT2D eigenvalue weighted by Crippen LogP contribution is 2.51. The van der Waals surface area contributed by atoms with Crippen molar-refractivity contribution in [3.8, 4) is 11.5 Å². The van der Waals surface area contributed by atoms with Crippen LogP contribution in [0.3, 0.4) is 0 Å². The van der Waals surface area contributed by atoms with E-state index in [0.717, 1.165) is 0 Å². The number of hydrogen-bond acceptors (Lipinski definition) is 7. The Morgan fingerprint density at radius 1 is 0.976 bits per heavy atom. The van der Waals surface area contributed by atoms with Crippen molar-refractivity contribution in [1.29, 1.82) is 0 Å². The SMILES string of the molecule is O=S(=O)([C@H]1C[C@H]2O[C@@H]1C(c1ccc(OCC(O)CO)cc1)=C2c1ccc(O)cc1)N(CC(F)(F)F)c1ccc(Cl)cc1. The zero-order valence-electron chi connectivity index (χ0n) is 21.9. The van der Waals surface area contributed by atoms with Crippen molar-refractivity contribution in [2.24, 2.45) is 0 Å². The molecule has 3 N–H and O–H groups in total. The molecule has 1 fully saturated rings. The van der Waals surface area contributed by atoms with Crippen molar-refractivity contribution in [3.63, 3.8) is 0 Å². The van der Waals surface area contributed by atoms with Gasteiger partial charge in [-0.2, -0.15) is 13.2 Å². The highest BCUT2D eigenvalue weighted by Gasteiger charge is 2.55. The summed E-state index contributed by atoms with van der Waals surface area (Å²) >= 11 is 5.90. The zero-order valence-corrected chi connectivity index (χ0v) is 23.5. The maximum absolute atomic E-state index is 14.0. The van der Waals surface area contributed by atoms with E-state index in [9.17, 15) is 31.8 Å². The summed E-state index contributed by atoms with van der Waals surface area (Å²) in [4.78, 5) is 0. The predicted octanol–water partition coefficient (Wildman–Crippen LogP) is 4.63. The number of ether oxygens (including phenoxy) is 2. The van der Waals surface area contributed by atoms with Crippen LogP contribution in [0, 0.1) is 0 Å². The van der Waals surface area contributed by atoms with Crippen molar-refractivity contribution < 1.29 is 46.4 Å². The fourth-order valence-corrected chi connectivity index (χ4v) is 7.36. The van der Waals surface area contributed by atoms with Gasteiger partial charge in [0.1, 0.15) is 42.1 Å². The van der Waals surface area contributed by atoms with E-state index in [0.29, 0.717) is 32.3 Å². The number of aromatic hydroxyl groups is 1. The second-order valence-electron chi connectivity index (χ2n) is 10.0. The normalized spacial score (nSPS) is 21.0. The summed E-state index contributed by atoms with van der Waals surface area (Å²) in [5, 5.41) is 27.3. The molecule has 0 saturated carbocycles. The Hall–Kier alpha value is -3.29. The van der Waals surface area contributed by atoms with Gasteiger partial charge in [-0.3, -0.25) is 4.31 Å². The molecule has 1 unspecified atom stereocenters. The minimum Gasteiger partial charge on any atom is -0.508 e. The Balaban J connectivity index is 1.55. The molecule has 42 heavy (non-hydrogen) atoms. The minimum absolute atomic E-state index is 0.0303. The number of hydrogen-bond donors (Lipinski definition) is 3. The summed E-state index contributed by atoms with van der Waals surface area (Å²) in [6.45, 7) is -2.34. The molecule has 0 amide bonds. The topological polar surface area (TPSA) is 117 Å². The van der Waals surface area contributed by atoms with Gasteiger partial charge in [0.25, 0.3) is 0 Å². The molecule has 0 aliphatic carbocycles. The lowest BCUT2D eigenvalue weighted by Crippen LogP contribution is -2.47. The van der Waals surface area contributed by atoms with Crippen LogP contribution in [0.2, 0.25) is 5.02 Å². The van der Waals surface area contributed by atoms with Crippen molar-refractivity contribution in [2.45, 2.75) is 36.2 Å². The molecule has 2 aliphatic heterocycles. The maximum atomic E-state index is 14.0. The Morgan fingerprint density at radius 2 is 1.57 bits per heavy atom. The van der Waals surface area contributed by atoms with Crippen LogP contribution < -0.4 is 9.04 Å². The third-order valence-electron chi connectivity index (χ3n) is 7.12. The number of fused-ring (bicyclic) bond motifs is 2. The van der Waals surface area contributed by atoms with Gasteiger partial charge in [0, 0.05) is 5.02 Å². The lowest BCUT2D eigenvalue weighted by molar-refractivity contribution is -0.117. The first-order chi connectivity index (χ1) is 19.9. The molecule has 2 aliphatic rings. The van der Waals surface area contributed by atoms with Crippen molar-refractivity contribution in [2.75, 3.05) is 24.1 Å². The molecule has 0 spiro atoms. The molecule has 224 valence electrons. The number of aliphatic hydroxyl groups excluding tert-OH is 2. The summed E-state index contributed by atoms with van der Waals surface area (Å²) in [5.41, 5.74) is 2.23. The Kier molecular flexibility index (Phi) is 8.46. The number of halogens is 4. The molecule has 8 nitrogen and oxygen atoms in total. The highest BCUT2D eigenvalue weighted by atomic mass is 35.5. The lowest BCUT2D eigenvalue weighted by atomic mass is 9.83. The first kappa shape index (κ1) is 30.2. The van der Waals surface area contributed by atoms with E-state index < -0.39 is 52.9 Å². The van der Waals surface area contributed by atoms with Gasteiger partial charge in [0.05, 0.1) is 18.4 Å². The van der Waals surface area contributed by atoms with Gasteiger partial charge in [0.2, 0.25) is 10.0 Å². The second kappa shape index (κ2) is 11.8. The van der Waals surface area contributed by atoms with E-state index in [1.807, 2.05) is 0 Å². The third-order valence-corrected chi connectivity index (χ3v) is 9.53. The monoisotopic (exact) mass is 625 g/mol. The van der Waals surface area contributed by atoms with Crippen LogP contribution >= 0.6 is 11.6 Å². The van der Waals surface area contributed by atoms with E-state index >= 15 is 0 Å². The molecular formula is C29H27ClF3NO7S. The summed E-state index contributed by atoms with van der Waals surface area (Å²) in [5.74, 6) is 0.410. The molecule has 1 saturated heterocycles. The van der Waals surface area contributed by atoms with Gasteiger partial charge in [-0.15, -0.1) is 0 Å². The molecule has 3 aromatic rings. The van der Waals surface area contributed by atoms with E-state index in [1.54, 1.807) is 36.4 Å². The summed E-state index contributed by atoms with van der Waals surface area (Å²) in [6.07, 6.45) is -7.79. The van der Waals surface area contributed by atoms with Crippen LogP contribution in [0.15, 0.2) is 72.8 Å². The standard InChI is InChI=1S/C29H27ClF3NO7S/c30-19-5-7-20(8-6-19)34(16-29(31,32)33)42(38,39)25-13-24-26(17-1-9-21(36)10-2-17)27(28(25)41-24)18-3-11-23(12-4-18)40-15-22(37)14-35/h1-12,22,24-25,28,35-37H,13-16H2/t22?,24-,25+,28+/m1/s1. The van der Waals surface area contributed by atoms with E-state index in [-0.39, 0.29) is 29.5 Å². The van der Waals surface area contributed by atoms with Gasteiger partial charge < -0.3 is 24.8 Å². The number of anilines is 1. The number of benzene rings is 3. The van der Waals surface area contributed by atoms with Crippen molar-refractivity contribution in [1.82, 2.24) is 0 Å². The average molecular weight is 626 g/mol. The summed E-state index contributed by atoms with van der Waals surface area (Å²) in [7, 11) is -4.62. The molecule has 3 aromatic carbocycles. The first-order valence-corrected chi connectivity index (χ1v) is 14.8. The molecule has 2 heterocycles. The zero-order chi connectivity index (χ0) is 30.2. The third kappa shape index (κ3) is 6.23. The lowest BCUT2D eigenvalue weighted by Gasteiger charge is -2.32. The second-order valence-corrected chi connectivity index (χ2v) is 12.5. The smallest absolute Gasteiger partial charge is 0.407 e. The van der Waals surface area contributed by atoms with Gasteiger partial charge in [-0.25, -0.2) is 8.42 Å². The van der Waals surface area contributed by atoms with Crippen LogP contribution in [-0.2, 0) is 14.8 Å². The number of sulfonamides is 1. The Bertz CT molecular complexity index is 1550. The highest BCUT2D eigenvalue weighted by molar-refractivity contribution is 7.93. The molecule has 13 heteroatoms. The minimum atomic E-state index is -4.82. The fourth-order valence-electron chi connectivity index (χ4n) is 5.24. The number of phenolic OH excluding ortho intramolecular Hbond substituents is 1. The van der Waals surface area contributed by atoms with Gasteiger partial charge in [-0.05, 0) is 77.2 Å². The summed E-state index contributed by atoms with van der Waals surface area (Å²) < 4.78 is 81.0. The number of aliphatic hydroxyl groups is 2. The fraction of sp³-hybridized carbons (Fsp3) is 0.310. The van der Waals surface area contributed by atoms with E-state index in [4.69, 9.17) is 26.2 Å². The molecule has 0 aromatic heterocycles. The number of phenols is 1. The molecule has 4 atom stereocenters. The Morgan fingerprint density at radius 3 is 2.17 bits per heavy atom. The van der Waals surface area contributed by atoms with Crippen LogP contribution in [0.1, 0.15) is 17.5 Å². The largest absolute Gasteiger partial charge is 0.508 e. The Labute approximate surface area is 245 Å². The number of nitrogens with zero attached hydrogens (tertiary/aromatic N) is 1. The van der Waals surface area contributed by atoms with Gasteiger partial charge in [0.15, 0.2) is 0 Å². The van der Waals surface area contributed by atoms with Crippen LogP contribution in [-0.4, -0.2) is 73.2 Å². The predicted molar refractivity (Wildman–Crippen MR) is 151 cm³/mol. The first-order valence-electron chi connectivity index (χ1n) is 12.9. The number of alkyl halides is 3. The van der Waals surface area contributed by atoms with Crippen LogP contribution in [0.5, 0.6) is 11.5 Å². The average Bonchev–Trinajstić information content (AvgIpc) is 3.55. The molecule has 5 rings (SSSR count). The number of rotatable bonds is 10. The quantitative estimate of drug-likeness (QED) is 0.301. The molecule has 2 bridgehead atoms. The summed E-state index contributed by atoms with van der Waals surface area (Å²) in [6, 6.07) is 17.9. The van der Waals surface area contributed by atoms with E-state index in [2.05, 4.69) is 0 Å². The van der Waals surface area contributed by atoms with E-state index in [1.165, 1.54) is 36.4 Å². The van der Waals surface area contributed by atoms with Gasteiger partial charge in [-0.1, -0.05) is 35.9 Å².